The number of rotatable bonds is 7. The molecule has 3 aromatic rings. The molecular weight excluding hydrogens is 400 g/mol. The molecule has 0 fully saturated rings. The highest BCUT2D eigenvalue weighted by Crippen LogP contribution is 2.31. The Labute approximate surface area is 167 Å². The number of fused-ring (bicyclic) bond motifs is 1. The third-order valence-electron chi connectivity index (χ3n) is 4.43. The number of thioether (sulfide) groups is 1. The Morgan fingerprint density at radius 2 is 2.04 bits per heavy atom. The van der Waals surface area contributed by atoms with E-state index in [0.29, 0.717) is 16.8 Å². The molecule has 0 spiro atoms. The predicted molar refractivity (Wildman–Crippen MR) is 109 cm³/mol. The largest absolute Gasteiger partial charge is 0.319 e. The summed E-state index contributed by atoms with van der Waals surface area (Å²) in [4.78, 5) is 15.4. The van der Waals surface area contributed by atoms with Gasteiger partial charge in [-0.15, -0.1) is 0 Å². The first-order chi connectivity index (χ1) is 13.2. The molecule has 2 aromatic carbocycles. The number of aryl methyl sites for hydroxylation is 1. The molecule has 1 heterocycles. The van der Waals surface area contributed by atoms with Crippen molar-refractivity contribution in [2.45, 2.75) is 42.6 Å². The maximum atomic E-state index is 11.6. The van der Waals surface area contributed by atoms with Crippen molar-refractivity contribution in [3.63, 3.8) is 0 Å². The van der Waals surface area contributed by atoms with Crippen molar-refractivity contribution in [1.82, 2.24) is 9.55 Å². The minimum Gasteiger partial charge on any atom is -0.319 e. The number of nitrogens with zero attached hydrogens (tertiary/aromatic N) is 3. The van der Waals surface area contributed by atoms with Crippen molar-refractivity contribution in [3.05, 3.63) is 57.6 Å². The summed E-state index contributed by atoms with van der Waals surface area (Å²) >= 11 is 1.46. The van der Waals surface area contributed by atoms with E-state index in [1.807, 2.05) is 17.6 Å². The maximum Gasteiger partial charge on any atom is 0.272 e. The second kappa shape index (κ2) is 7.90. The van der Waals surface area contributed by atoms with Gasteiger partial charge in [0, 0.05) is 23.9 Å². The molecule has 28 heavy (non-hydrogen) atoms. The molecule has 3 rings (SSSR count). The van der Waals surface area contributed by atoms with Crippen molar-refractivity contribution in [3.8, 4) is 0 Å². The fraction of sp³-hybridized carbons (Fsp3) is 0.278. The maximum absolute atomic E-state index is 11.6. The summed E-state index contributed by atoms with van der Waals surface area (Å²) in [6.07, 6.45) is 0.881. The van der Waals surface area contributed by atoms with Gasteiger partial charge >= 0.3 is 0 Å². The van der Waals surface area contributed by atoms with Gasteiger partial charge in [0.15, 0.2) is 5.16 Å². The molecule has 0 aliphatic carbocycles. The quantitative estimate of drug-likeness (QED) is 0.354. The Hall–Kier alpha value is -2.43. The third kappa shape index (κ3) is 4.03. The van der Waals surface area contributed by atoms with Crippen LogP contribution >= 0.6 is 11.8 Å². The monoisotopic (exact) mass is 420 g/mol. The number of aromatic nitrogens is 2. The molecule has 0 bridgehead atoms. The van der Waals surface area contributed by atoms with Gasteiger partial charge in [0.25, 0.3) is 5.69 Å². The topological polar surface area (TPSA) is 121 Å². The highest BCUT2D eigenvalue weighted by molar-refractivity contribution is 7.98. The van der Waals surface area contributed by atoms with Crippen molar-refractivity contribution < 1.29 is 13.3 Å². The number of nitrogens with two attached hydrogens (primary N) is 1. The van der Waals surface area contributed by atoms with E-state index in [1.54, 1.807) is 19.1 Å². The second-order valence-electron chi connectivity index (χ2n) is 6.35. The first kappa shape index (κ1) is 20.3. The lowest BCUT2D eigenvalue weighted by atomic mass is 10.1. The van der Waals surface area contributed by atoms with Gasteiger partial charge in [0.1, 0.15) is 0 Å². The molecule has 0 saturated carbocycles. The molecule has 0 aliphatic rings. The molecule has 2 N–H and O–H groups in total. The highest BCUT2D eigenvalue weighted by Gasteiger charge is 2.17. The van der Waals surface area contributed by atoms with Crippen LogP contribution < -0.4 is 5.14 Å². The van der Waals surface area contributed by atoms with E-state index in [1.165, 1.54) is 30.0 Å². The molecule has 0 unspecified atom stereocenters. The van der Waals surface area contributed by atoms with E-state index in [9.17, 15) is 18.5 Å². The van der Waals surface area contributed by atoms with Crippen LogP contribution in [0.4, 0.5) is 5.69 Å². The Bertz CT molecular complexity index is 1160. The zero-order valence-corrected chi connectivity index (χ0v) is 17.1. The minimum atomic E-state index is -3.80. The van der Waals surface area contributed by atoms with Crippen LogP contribution in [0, 0.1) is 17.0 Å². The normalized spacial score (nSPS) is 11.8. The van der Waals surface area contributed by atoms with Crippen LogP contribution in [0.15, 0.2) is 46.5 Å². The number of benzene rings is 2. The molecule has 0 saturated heterocycles. The first-order valence-corrected chi connectivity index (χ1v) is 11.1. The fourth-order valence-corrected chi connectivity index (χ4v) is 4.62. The van der Waals surface area contributed by atoms with Gasteiger partial charge in [-0.05, 0) is 37.1 Å². The number of primary sulfonamides is 1. The Morgan fingerprint density at radius 3 is 2.68 bits per heavy atom. The summed E-state index contributed by atoms with van der Waals surface area (Å²) in [6.45, 7) is 4.51. The van der Waals surface area contributed by atoms with Crippen LogP contribution in [0.5, 0.6) is 0 Å². The van der Waals surface area contributed by atoms with Crippen molar-refractivity contribution in [2.75, 3.05) is 0 Å². The van der Waals surface area contributed by atoms with E-state index >= 15 is 0 Å². The van der Waals surface area contributed by atoms with Gasteiger partial charge in [-0.25, -0.2) is 18.5 Å². The molecular formula is C18H20N4O4S2. The summed E-state index contributed by atoms with van der Waals surface area (Å²) in [5, 5.41) is 17.1. The standard InChI is InChI=1S/C18H20N4O4S2/c1-3-9-21-17-8-7-14(28(19,25)26)10-15(17)20-18(21)27-11-13-5-4-6-16(12(13)2)22(23)24/h4-8,10H,3,9,11H2,1-2H3,(H2,19,25,26). The lowest BCUT2D eigenvalue weighted by Gasteiger charge is -2.09. The second-order valence-corrected chi connectivity index (χ2v) is 8.85. The summed E-state index contributed by atoms with van der Waals surface area (Å²) in [6, 6.07) is 9.69. The fourth-order valence-electron chi connectivity index (χ4n) is 2.98. The molecule has 0 aliphatic heterocycles. The van der Waals surface area contributed by atoms with E-state index in [4.69, 9.17) is 5.14 Å². The lowest BCUT2D eigenvalue weighted by Crippen LogP contribution is -2.11. The molecule has 1 aromatic heterocycles. The van der Waals surface area contributed by atoms with Crippen LogP contribution in [0.1, 0.15) is 24.5 Å². The zero-order chi connectivity index (χ0) is 20.5. The minimum absolute atomic E-state index is 0.0206. The van der Waals surface area contributed by atoms with Crippen LogP contribution in [-0.2, 0) is 22.3 Å². The lowest BCUT2D eigenvalue weighted by molar-refractivity contribution is -0.385. The van der Waals surface area contributed by atoms with Crippen LogP contribution in [0.3, 0.4) is 0 Å². The van der Waals surface area contributed by atoms with Crippen molar-refractivity contribution in [2.24, 2.45) is 5.14 Å². The van der Waals surface area contributed by atoms with E-state index in [0.717, 1.165) is 29.2 Å². The number of nitro groups is 1. The third-order valence-corrected chi connectivity index (χ3v) is 6.37. The Morgan fingerprint density at radius 1 is 1.29 bits per heavy atom. The zero-order valence-electron chi connectivity index (χ0n) is 15.5. The van der Waals surface area contributed by atoms with Crippen LogP contribution in [0.2, 0.25) is 0 Å². The smallest absolute Gasteiger partial charge is 0.272 e. The number of imidazole rings is 1. The van der Waals surface area contributed by atoms with Gasteiger partial charge in [-0.1, -0.05) is 30.8 Å². The number of sulfonamides is 1. The van der Waals surface area contributed by atoms with Crippen molar-refractivity contribution >= 4 is 38.5 Å². The molecule has 0 atom stereocenters. The molecule has 0 radical (unpaired) electrons. The van der Waals surface area contributed by atoms with Crippen molar-refractivity contribution in [1.29, 1.82) is 0 Å². The molecule has 10 heteroatoms. The summed E-state index contributed by atoms with van der Waals surface area (Å²) in [5.74, 6) is 0.516. The molecule has 148 valence electrons. The van der Waals surface area contributed by atoms with Crippen LogP contribution in [0.25, 0.3) is 11.0 Å². The summed E-state index contributed by atoms with van der Waals surface area (Å²) < 4.78 is 25.3. The van der Waals surface area contributed by atoms with E-state index in [2.05, 4.69) is 4.98 Å². The summed E-state index contributed by atoms with van der Waals surface area (Å²) in [7, 11) is -3.80. The van der Waals surface area contributed by atoms with E-state index < -0.39 is 10.0 Å². The number of nitro benzene ring substituents is 1. The van der Waals surface area contributed by atoms with Crippen LogP contribution in [-0.4, -0.2) is 22.9 Å². The Kier molecular flexibility index (Phi) is 5.73. The summed E-state index contributed by atoms with van der Waals surface area (Å²) in [5.41, 5.74) is 2.97. The first-order valence-electron chi connectivity index (χ1n) is 8.61. The van der Waals surface area contributed by atoms with Gasteiger partial charge in [0.2, 0.25) is 10.0 Å². The predicted octanol–water partition coefficient (Wildman–Crippen LogP) is 3.60. The van der Waals surface area contributed by atoms with E-state index in [-0.39, 0.29) is 15.5 Å². The molecule has 8 nitrogen and oxygen atoms in total. The van der Waals surface area contributed by atoms with Gasteiger partial charge in [-0.3, -0.25) is 10.1 Å². The molecule has 0 amide bonds. The van der Waals surface area contributed by atoms with Gasteiger partial charge in [-0.2, -0.15) is 0 Å². The SMILES string of the molecule is CCCn1c(SCc2cccc([N+](=O)[O-])c2C)nc2cc(S(N)(=O)=O)ccc21. The average Bonchev–Trinajstić information content (AvgIpc) is 2.97. The Balaban J connectivity index is 1.97. The highest BCUT2D eigenvalue weighted by atomic mass is 32.2. The van der Waals surface area contributed by atoms with Gasteiger partial charge < -0.3 is 4.57 Å². The number of hydrogen-bond donors (Lipinski definition) is 1. The van der Waals surface area contributed by atoms with Gasteiger partial charge in [0.05, 0.1) is 20.9 Å². The number of hydrogen-bond acceptors (Lipinski definition) is 6. The average molecular weight is 421 g/mol.